The average Bonchev–Trinajstić information content (AvgIpc) is 2.95. The molecular weight excluding hydrogens is 397 g/mol. The van der Waals surface area contributed by atoms with Crippen LogP contribution in [0.5, 0.6) is 11.5 Å². The van der Waals surface area contributed by atoms with Crippen LogP contribution in [-0.4, -0.2) is 24.4 Å². The molecular formula is C21H18FNO3S2. The molecule has 2 aromatic rings. The van der Waals surface area contributed by atoms with E-state index in [-0.39, 0.29) is 15.9 Å². The van der Waals surface area contributed by atoms with E-state index < -0.39 is 5.82 Å². The Hall–Kier alpha value is -2.64. The number of carbonyl (C=O) groups excluding carboxylic acids is 1. The highest BCUT2D eigenvalue weighted by molar-refractivity contribution is 8.27. The monoisotopic (exact) mass is 415 g/mol. The van der Waals surface area contributed by atoms with Gasteiger partial charge in [-0.05, 0) is 42.3 Å². The molecule has 1 aliphatic heterocycles. The molecule has 1 fully saturated rings. The number of amides is 1. The number of thioether (sulfide) groups is 1. The van der Waals surface area contributed by atoms with Gasteiger partial charge in [-0.25, -0.2) is 4.39 Å². The van der Waals surface area contributed by atoms with Crippen molar-refractivity contribution in [3.05, 3.63) is 70.9 Å². The third kappa shape index (κ3) is 3.81. The summed E-state index contributed by atoms with van der Waals surface area (Å²) in [7, 11) is 3.13. The van der Waals surface area contributed by atoms with Gasteiger partial charge in [0.25, 0.3) is 5.91 Å². The summed E-state index contributed by atoms with van der Waals surface area (Å²) in [5.74, 6) is 0.315. The number of methoxy groups -OCH3 is 2. The fourth-order valence-electron chi connectivity index (χ4n) is 2.92. The lowest BCUT2D eigenvalue weighted by molar-refractivity contribution is -0.113. The summed E-state index contributed by atoms with van der Waals surface area (Å²) < 4.78 is 25.3. The van der Waals surface area contributed by atoms with Gasteiger partial charge in [0.15, 0.2) is 15.8 Å². The first-order chi connectivity index (χ1) is 13.5. The highest BCUT2D eigenvalue weighted by atomic mass is 32.2. The molecule has 1 saturated heterocycles. The van der Waals surface area contributed by atoms with E-state index in [9.17, 15) is 9.18 Å². The van der Waals surface area contributed by atoms with Crippen molar-refractivity contribution in [3.8, 4) is 11.5 Å². The Morgan fingerprint density at radius 1 is 1.25 bits per heavy atom. The van der Waals surface area contributed by atoms with Crippen LogP contribution >= 0.6 is 24.0 Å². The third-order valence-electron chi connectivity index (χ3n) is 4.13. The Balaban J connectivity index is 2.01. The molecule has 1 amide bonds. The Kier molecular flexibility index (Phi) is 6.16. The summed E-state index contributed by atoms with van der Waals surface area (Å²) in [5, 5.41) is 0. The lowest BCUT2D eigenvalue weighted by Gasteiger charge is -2.15. The van der Waals surface area contributed by atoms with Crippen LogP contribution in [0.2, 0.25) is 0 Å². The van der Waals surface area contributed by atoms with Gasteiger partial charge in [-0.3, -0.25) is 9.69 Å². The van der Waals surface area contributed by atoms with E-state index >= 15 is 0 Å². The maximum Gasteiger partial charge on any atom is 0.270 e. The van der Waals surface area contributed by atoms with Crippen molar-refractivity contribution in [2.75, 3.05) is 19.1 Å². The highest BCUT2D eigenvalue weighted by Crippen LogP contribution is 2.39. The van der Waals surface area contributed by atoms with Crippen LogP contribution in [0.4, 0.5) is 10.1 Å². The van der Waals surface area contributed by atoms with Crippen LogP contribution in [0.1, 0.15) is 11.1 Å². The van der Waals surface area contributed by atoms with Gasteiger partial charge in [0.05, 0.1) is 24.8 Å². The minimum absolute atomic E-state index is 0.146. The summed E-state index contributed by atoms with van der Waals surface area (Å²) in [6.45, 7) is 3.76. The number of allylic oxidation sites excluding steroid dienone is 1. The van der Waals surface area contributed by atoms with E-state index in [0.717, 1.165) is 22.9 Å². The minimum Gasteiger partial charge on any atom is -0.493 e. The molecule has 1 aliphatic rings. The normalized spacial score (nSPS) is 15.2. The number of anilines is 1. The maximum atomic E-state index is 14.1. The zero-order valence-electron chi connectivity index (χ0n) is 15.4. The van der Waals surface area contributed by atoms with Gasteiger partial charge in [0.1, 0.15) is 5.82 Å². The molecule has 0 atom stereocenters. The molecule has 0 saturated carbocycles. The molecule has 0 spiro atoms. The van der Waals surface area contributed by atoms with Crippen LogP contribution in [0.15, 0.2) is 54.0 Å². The second kappa shape index (κ2) is 8.58. The lowest BCUT2D eigenvalue weighted by atomic mass is 10.0. The summed E-state index contributed by atoms with van der Waals surface area (Å²) in [5.41, 5.74) is 1.78. The van der Waals surface area contributed by atoms with Crippen LogP contribution in [0, 0.1) is 5.82 Å². The fraction of sp³-hybridized carbons (Fsp3) is 0.143. The van der Waals surface area contributed by atoms with Gasteiger partial charge < -0.3 is 9.47 Å². The number of benzene rings is 2. The van der Waals surface area contributed by atoms with E-state index in [2.05, 4.69) is 6.58 Å². The second-order valence-corrected chi connectivity index (χ2v) is 7.55. The molecule has 4 nitrogen and oxygen atoms in total. The molecule has 0 aromatic heterocycles. The lowest BCUT2D eigenvalue weighted by Crippen LogP contribution is -2.28. The summed E-state index contributed by atoms with van der Waals surface area (Å²) >= 11 is 6.44. The van der Waals surface area contributed by atoms with E-state index in [1.54, 1.807) is 44.6 Å². The van der Waals surface area contributed by atoms with E-state index in [1.807, 2.05) is 6.07 Å². The number of thiocarbonyl (C=S) groups is 1. The van der Waals surface area contributed by atoms with E-state index in [0.29, 0.717) is 22.8 Å². The Morgan fingerprint density at radius 2 is 2.00 bits per heavy atom. The molecule has 7 heteroatoms. The van der Waals surface area contributed by atoms with Gasteiger partial charge >= 0.3 is 0 Å². The third-order valence-corrected chi connectivity index (χ3v) is 5.43. The zero-order chi connectivity index (χ0) is 20.3. The summed E-state index contributed by atoms with van der Waals surface area (Å²) in [4.78, 5) is 14.5. The molecule has 144 valence electrons. The number of hydrogen-bond donors (Lipinski definition) is 0. The topological polar surface area (TPSA) is 38.8 Å². The molecule has 0 radical (unpaired) electrons. The van der Waals surface area contributed by atoms with Crippen molar-refractivity contribution >= 4 is 46.0 Å². The molecule has 3 rings (SSSR count). The number of ether oxygens (including phenoxy) is 2. The van der Waals surface area contributed by atoms with Crippen molar-refractivity contribution < 1.29 is 18.7 Å². The molecule has 0 unspecified atom stereocenters. The molecule has 28 heavy (non-hydrogen) atoms. The standard InChI is InChI=1S/C21H18FNO3S2/c1-4-7-14-10-13(11-17(25-2)19(14)26-3)12-18-20(24)23(21(27)28-18)16-9-6-5-8-15(16)22/h4-6,8-12H,1,7H2,2-3H3/b18-12+. The van der Waals surface area contributed by atoms with Crippen LogP contribution in [-0.2, 0) is 11.2 Å². The fourth-order valence-corrected chi connectivity index (χ4v) is 4.20. The van der Waals surface area contributed by atoms with Gasteiger partial charge in [0, 0.05) is 5.56 Å². The number of para-hydroxylation sites is 1. The highest BCUT2D eigenvalue weighted by Gasteiger charge is 2.34. The van der Waals surface area contributed by atoms with Crippen molar-refractivity contribution in [3.63, 3.8) is 0 Å². The number of nitrogens with zero attached hydrogens (tertiary/aromatic N) is 1. The first-order valence-corrected chi connectivity index (χ1v) is 9.61. The summed E-state index contributed by atoms with van der Waals surface area (Å²) in [6.07, 6.45) is 4.06. The molecule has 2 aromatic carbocycles. The second-order valence-electron chi connectivity index (χ2n) is 5.88. The minimum atomic E-state index is -0.501. The molecule has 0 bridgehead atoms. The Morgan fingerprint density at radius 3 is 2.64 bits per heavy atom. The quantitative estimate of drug-likeness (QED) is 0.378. The SMILES string of the molecule is C=CCc1cc(/C=C2/SC(=S)N(c3ccccc3F)C2=O)cc(OC)c1OC. The first kappa shape index (κ1) is 20.1. The van der Waals surface area contributed by atoms with E-state index in [1.165, 1.54) is 17.0 Å². The summed E-state index contributed by atoms with van der Waals surface area (Å²) in [6, 6.07) is 9.74. The van der Waals surface area contributed by atoms with Crippen LogP contribution < -0.4 is 14.4 Å². The molecule has 1 heterocycles. The van der Waals surface area contributed by atoms with E-state index in [4.69, 9.17) is 21.7 Å². The van der Waals surface area contributed by atoms with Crippen molar-refractivity contribution in [2.24, 2.45) is 0 Å². The van der Waals surface area contributed by atoms with Crippen molar-refractivity contribution in [2.45, 2.75) is 6.42 Å². The largest absolute Gasteiger partial charge is 0.493 e. The van der Waals surface area contributed by atoms with Gasteiger partial charge in [-0.1, -0.05) is 42.2 Å². The molecule has 0 N–H and O–H groups in total. The average molecular weight is 416 g/mol. The smallest absolute Gasteiger partial charge is 0.270 e. The number of carbonyl (C=O) groups is 1. The van der Waals surface area contributed by atoms with Crippen molar-refractivity contribution in [1.29, 1.82) is 0 Å². The van der Waals surface area contributed by atoms with Gasteiger partial charge in [0.2, 0.25) is 0 Å². The Labute approximate surface area is 172 Å². The number of rotatable bonds is 6. The molecule has 0 aliphatic carbocycles. The maximum absolute atomic E-state index is 14.1. The zero-order valence-corrected chi connectivity index (χ0v) is 17.0. The van der Waals surface area contributed by atoms with Gasteiger partial charge in [-0.15, -0.1) is 6.58 Å². The first-order valence-electron chi connectivity index (χ1n) is 8.38. The van der Waals surface area contributed by atoms with Gasteiger partial charge in [-0.2, -0.15) is 0 Å². The predicted octanol–water partition coefficient (Wildman–Crippen LogP) is 4.98. The number of hydrogen-bond acceptors (Lipinski definition) is 5. The number of halogens is 1. The van der Waals surface area contributed by atoms with Crippen LogP contribution in [0.25, 0.3) is 6.08 Å². The van der Waals surface area contributed by atoms with Crippen molar-refractivity contribution in [1.82, 2.24) is 0 Å². The van der Waals surface area contributed by atoms with Crippen LogP contribution in [0.3, 0.4) is 0 Å². The predicted molar refractivity (Wildman–Crippen MR) is 115 cm³/mol. The Bertz CT molecular complexity index is 988.